The van der Waals surface area contributed by atoms with Crippen LogP contribution in [0, 0.1) is 0 Å². The fraction of sp³-hybridized carbons (Fsp3) is 0.455. The smallest absolute Gasteiger partial charge is 0.255 e. The number of rotatable bonds is 8. The maximum Gasteiger partial charge on any atom is 0.255 e. The standard InChI is InChI=1S/C22H32N6O/c1-26(2)12-4-10-23-21-17-18(9-11-24-21)22(29)25-19-5-7-20(8-6-19)28-15-13-27(3)14-16-28/h5-9,11,17H,4,10,12-16H2,1-3H3,(H,23,24)(H,25,29). The molecule has 1 aromatic heterocycles. The van der Waals surface area contributed by atoms with Gasteiger partial charge in [0, 0.05) is 55.9 Å². The first-order valence-corrected chi connectivity index (χ1v) is 10.2. The Balaban J connectivity index is 1.54. The molecule has 0 aliphatic carbocycles. The van der Waals surface area contributed by atoms with Gasteiger partial charge in [0.25, 0.3) is 5.91 Å². The van der Waals surface area contributed by atoms with Crippen LogP contribution in [0.3, 0.4) is 0 Å². The normalized spacial score (nSPS) is 14.8. The van der Waals surface area contributed by atoms with Gasteiger partial charge in [0.2, 0.25) is 0 Å². The number of benzene rings is 1. The number of nitrogens with zero attached hydrogens (tertiary/aromatic N) is 4. The van der Waals surface area contributed by atoms with Crippen LogP contribution in [0.5, 0.6) is 0 Å². The number of aromatic nitrogens is 1. The lowest BCUT2D eigenvalue weighted by Crippen LogP contribution is -2.44. The second-order valence-electron chi connectivity index (χ2n) is 7.80. The van der Waals surface area contributed by atoms with E-state index in [0.29, 0.717) is 5.56 Å². The van der Waals surface area contributed by atoms with Gasteiger partial charge >= 0.3 is 0 Å². The minimum Gasteiger partial charge on any atom is -0.370 e. The van der Waals surface area contributed by atoms with Gasteiger partial charge in [-0.05, 0) is 70.5 Å². The molecule has 7 heteroatoms. The van der Waals surface area contributed by atoms with E-state index in [1.165, 1.54) is 5.69 Å². The van der Waals surface area contributed by atoms with E-state index in [-0.39, 0.29) is 5.91 Å². The summed E-state index contributed by atoms with van der Waals surface area (Å²) < 4.78 is 0. The van der Waals surface area contributed by atoms with Crippen LogP contribution in [0.15, 0.2) is 42.6 Å². The Hall–Kier alpha value is -2.64. The van der Waals surface area contributed by atoms with Gasteiger partial charge < -0.3 is 25.3 Å². The summed E-state index contributed by atoms with van der Waals surface area (Å²) in [6.45, 7) is 6.05. The van der Waals surface area contributed by atoms with Crippen molar-refractivity contribution >= 4 is 23.1 Å². The summed E-state index contributed by atoms with van der Waals surface area (Å²) in [6.07, 6.45) is 2.68. The monoisotopic (exact) mass is 396 g/mol. The minimum absolute atomic E-state index is 0.129. The van der Waals surface area contributed by atoms with Crippen molar-refractivity contribution in [3.8, 4) is 0 Å². The minimum atomic E-state index is -0.129. The molecule has 2 heterocycles. The number of anilines is 3. The average Bonchev–Trinajstić information content (AvgIpc) is 2.72. The van der Waals surface area contributed by atoms with Crippen LogP contribution in [0.4, 0.5) is 17.2 Å². The molecule has 1 fully saturated rings. The lowest BCUT2D eigenvalue weighted by Gasteiger charge is -2.34. The summed E-state index contributed by atoms with van der Waals surface area (Å²) in [5, 5.41) is 6.26. The number of amides is 1. The largest absolute Gasteiger partial charge is 0.370 e. The molecule has 7 nitrogen and oxygen atoms in total. The van der Waals surface area contributed by atoms with Crippen LogP contribution >= 0.6 is 0 Å². The summed E-state index contributed by atoms with van der Waals surface area (Å²) in [5.74, 6) is 0.595. The number of hydrogen-bond acceptors (Lipinski definition) is 6. The van der Waals surface area contributed by atoms with Crippen LogP contribution in [-0.4, -0.2) is 81.1 Å². The zero-order chi connectivity index (χ0) is 20.6. The molecule has 156 valence electrons. The Bertz CT molecular complexity index is 784. The third kappa shape index (κ3) is 6.44. The van der Waals surface area contributed by atoms with Gasteiger partial charge in [-0.1, -0.05) is 0 Å². The first-order valence-electron chi connectivity index (χ1n) is 10.2. The van der Waals surface area contributed by atoms with Crippen molar-refractivity contribution in [1.82, 2.24) is 14.8 Å². The molecule has 2 N–H and O–H groups in total. The number of carbonyl (C=O) groups excluding carboxylic acids is 1. The van der Waals surface area contributed by atoms with Crippen molar-refractivity contribution in [2.75, 3.05) is 75.9 Å². The van der Waals surface area contributed by atoms with E-state index >= 15 is 0 Å². The Morgan fingerprint density at radius 3 is 2.52 bits per heavy atom. The highest BCUT2D eigenvalue weighted by atomic mass is 16.1. The maximum atomic E-state index is 12.6. The zero-order valence-corrected chi connectivity index (χ0v) is 17.7. The maximum absolute atomic E-state index is 12.6. The molecule has 1 aliphatic rings. The molecule has 0 saturated carbocycles. The summed E-state index contributed by atoms with van der Waals surface area (Å²) in [7, 11) is 6.27. The van der Waals surface area contributed by atoms with Crippen LogP contribution in [-0.2, 0) is 0 Å². The Kier molecular flexibility index (Phi) is 7.43. The molecule has 0 bridgehead atoms. The third-order valence-corrected chi connectivity index (χ3v) is 5.10. The predicted molar refractivity (Wildman–Crippen MR) is 120 cm³/mol. The Labute approximate surface area is 173 Å². The Morgan fingerprint density at radius 1 is 1.10 bits per heavy atom. The number of likely N-dealkylation sites (N-methyl/N-ethyl adjacent to an activating group) is 1. The summed E-state index contributed by atoms with van der Waals surface area (Å²) in [5.41, 5.74) is 2.59. The van der Waals surface area contributed by atoms with Gasteiger partial charge in [-0.25, -0.2) is 4.98 Å². The fourth-order valence-electron chi connectivity index (χ4n) is 3.30. The molecule has 0 atom stereocenters. The van der Waals surface area contributed by atoms with E-state index in [9.17, 15) is 4.79 Å². The lowest BCUT2D eigenvalue weighted by atomic mass is 10.2. The van der Waals surface area contributed by atoms with Gasteiger partial charge in [-0.3, -0.25) is 4.79 Å². The molecule has 0 unspecified atom stereocenters. The second kappa shape index (κ2) is 10.2. The molecular formula is C22H32N6O. The highest BCUT2D eigenvalue weighted by Crippen LogP contribution is 2.20. The van der Waals surface area contributed by atoms with E-state index in [4.69, 9.17) is 0 Å². The summed E-state index contributed by atoms with van der Waals surface area (Å²) >= 11 is 0. The number of piperazine rings is 1. The van der Waals surface area contributed by atoms with Crippen molar-refractivity contribution in [2.45, 2.75) is 6.42 Å². The van der Waals surface area contributed by atoms with Crippen molar-refractivity contribution in [3.63, 3.8) is 0 Å². The number of carbonyl (C=O) groups is 1. The first kappa shape index (κ1) is 21.1. The van der Waals surface area contributed by atoms with Gasteiger partial charge in [-0.2, -0.15) is 0 Å². The summed E-state index contributed by atoms with van der Waals surface area (Å²) in [6, 6.07) is 11.6. The van der Waals surface area contributed by atoms with E-state index in [0.717, 1.165) is 57.2 Å². The number of pyridine rings is 1. The molecule has 1 saturated heterocycles. The highest BCUT2D eigenvalue weighted by Gasteiger charge is 2.14. The topological polar surface area (TPSA) is 63.7 Å². The molecule has 29 heavy (non-hydrogen) atoms. The molecule has 0 spiro atoms. The van der Waals surface area contributed by atoms with Crippen molar-refractivity contribution in [2.24, 2.45) is 0 Å². The van der Waals surface area contributed by atoms with E-state index < -0.39 is 0 Å². The van der Waals surface area contributed by atoms with Gasteiger partial charge in [0.15, 0.2) is 0 Å². The SMILES string of the molecule is CN(C)CCCNc1cc(C(=O)Nc2ccc(N3CCN(C)CC3)cc2)ccn1. The third-order valence-electron chi connectivity index (χ3n) is 5.10. The van der Waals surface area contributed by atoms with E-state index in [2.05, 4.69) is 63.6 Å². The summed E-state index contributed by atoms with van der Waals surface area (Å²) in [4.78, 5) is 23.8. The molecule has 3 rings (SSSR count). The molecule has 2 aromatic rings. The number of hydrogen-bond donors (Lipinski definition) is 2. The second-order valence-corrected chi connectivity index (χ2v) is 7.80. The van der Waals surface area contributed by atoms with Gasteiger partial charge in [-0.15, -0.1) is 0 Å². The first-order chi connectivity index (χ1) is 14.0. The Morgan fingerprint density at radius 2 is 1.83 bits per heavy atom. The highest BCUT2D eigenvalue weighted by molar-refractivity contribution is 6.04. The van der Waals surface area contributed by atoms with E-state index in [1.54, 1.807) is 18.3 Å². The molecule has 1 aromatic carbocycles. The lowest BCUT2D eigenvalue weighted by molar-refractivity contribution is 0.102. The quantitative estimate of drug-likeness (QED) is 0.669. The van der Waals surface area contributed by atoms with Crippen molar-refractivity contribution in [1.29, 1.82) is 0 Å². The molecule has 1 aliphatic heterocycles. The molecular weight excluding hydrogens is 364 g/mol. The van der Waals surface area contributed by atoms with Crippen molar-refractivity contribution < 1.29 is 4.79 Å². The van der Waals surface area contributed by atoms with Crippen LogP contribution < -0.4 is 15.5 Å². The number of nitrogens with one attached hydrogen (secondary N) is 2. The van der Waals surface area contributed by atoms with Crippen molar-refractivity contribution in [3.05, 3.63) is 48.2 Å². The van der Waals surface area contributed by atoms with E-state index in [1.807, 2.05) is 12.1 Å². The van der Waals surface area contributed by atoms with Crippen LogP contribution in [0.25, 0.3) is 0 Å². The van der Waals surface area contributed by atoms with Crippen LogP contribution in [0.2, 0.25) is 0 Å². The molecule has 1 amide bonds. The zero-order valence-electron chi connectivity index (χ0n) is 17.7. The van der Waals surface area contributed by atoms with Gasteiger partial charge in [0.05, 0.1) is 0 Å². The fourth-order valence-corrected chi connectivity index (χ4v) is 3.30. The predicted octanol–water partition coefficient (Wildman–Crippen LogP) is 2.45. The van der Waals surface area contributed by atoms with Crippen LogP contribution in [0.1, 0.15) is 16.8 Å². The average molecular weight is 397 g/mol. The molecule has 0 radical (unpaired) electrons. The van der Waals surface area contributed by atoms with Gasteiger partial charge in [0.1, 0.15) is 5.82 Å².